The maximum absolute atomic E-state index is 13.1. The second-order valence-electron chi connectivity index (χ2n) is 9.76. The second-order valence-corrected chi connectivity index (χ2v) is 9.76. The van der Waals surface area contributed by atoms with Gasteiger partial charge in [-0.1, -0.05) is 30.8 Å². The van der Waals surface area contributed by atoms with Crippen molar-refractivity contribution in [1.82, 2.24) is 15.2 Å². The van der Waals surface area contributed by atoms with E-state index in [0.29, 0.717) is 30.0 Å². The van der Waals surface area contributed by atoms with Crippen LogP contribution in [0, 0.1) is 11.3 Å². The lowest BCUT2D eigenvalue weighted by atomic mass is 9.74. The summed E-state index contributed by atoms with van der Waals surface area (Å²) in [5, 5.41) is 17.7. The number of rotatable bonds is 8. The third kappa shape index (κ3) is 5.74. The molecule has 4 rings (SSSR count). The van der Waals surface area contributed by atoms with Crippen LogP contribution in [0.25, 0.3) is 10.8 Å². The Balaban J connectivity index is 1.73. The summed E-state index contributed by atoms with van der Waals surface area (Å²) in [7, 11) is 5.72. The number of hydrogen-bond acceptors (Lipinski definition) is 7. The molecule has 3 aromatic rings. The van der Waals surface area contributed by atoms with Crippen molar-refractivity contribution in [1.29, 1.82) is 5.26 Å². The lowest BCUT2D eigenvalue weighted by molar-refractivity contribution is 0.0887. The number of amides is 1. The molecule has 0 aliphatic heterocycles. The highest BCUT2D eigenvalue weighted by molar-refractivity contribution is 5.97. The number of aromatic nitrogens is 1. The highest BCUT2D eigenvalue weighted by atomic mass is 16.5. The molecule has 0 bridgehead atoms. The van der Waals surface area contributed by atoms with Gasteiger partial charge in [-0.05, 0) is 62.2 Å². The number of likely N-dealkylation sites (N-methyl/N-ethyl adjacent to an activating group) is 1. The number of nitrogens with zero attached hydrogens (tertiary/aromatic N) is 3. The first-order chi connectivity index (χ1) is 17.8. The summed E-state index contributed by atoms with van der Waals surface area (Å²) >= 11 is 0. The van der Waals surface area contributed by atoms with E-state index in [1.165, 1.54) is 0 Å². The van der Waals surface area contributed by atoms with Crippen LogP contribution in [0.1, 0.15) is 34.8 Å². The van der Waals surface area contributed by atoms with Crippen LogP contribution >= 0.6 is 0 Å². The van der Waals surface area contributed by atoms with Gasteiger partial charge in [0.25, 0.3) is 5.91 Å². The van der Waals surface area contributed by atoms with Crippen molar-refractivity contribution in [2.75, 3.05) is 33.1 Å². The fourth-order valence-corrected chi connectivity index (χ4v) is 5.21. The zero-order valence-electron chi connectivity index (χ0n) is 21.6. The Labute approximate surface area is 218 Å². The van der Waals surface area contributed by atoms with Crippen molar-refractivity contribution in [3.63, 3.8) is 0 Å². The Morgan fingerprint density at radius 2 is 2.03 bits per heavy atom. The maximum Gasteiger partial charge on any atom is 0.270 e. The number of methoxy groups -OCH3 is 1. The van der Waals surface area contributed by atoms with Gasteiger partial charge in [0.1, 0.15) is 11.4 Å². The molecule has 4 N–H and O–H groups in total. The van der Waals surface area contributed by atoms with Crippen LogP contribution in [-0.4, -0.2) is 61.7 Å². The fraction of sp³-hybridized carbons (Fsp3) is 0.345. The van der Waals surface area contributed by atoms with Gasteiger partial charge >= 0.3 is 0 Å². The topological polar surface area (TPSA) is 116 Å². The van der Waals surface area contributed by atoms with Crippen LogP contribution in [0.4, 0.5) is 5.69 Å². The summed E-state index contributed by atoms with van der Waals surface area (Å²) in [5.74, 6) is 0.524. The maximum atomic E-state index is 13.1. The Morgan fingerprint density at radius 3 is 2.70 bits per heavy atom. The number of carbonyl (C=O) groups excluding carboxylic acids is 1. The molecule has 1 amide bonds. The third-order valence-electron chi connectivity index (χ3n) is 7.17. The normalized spacial score (nSPS) is 21.3. The predicted octanol–water partition coefficient (Wildman–Crippen LogP) is 3.67. The van der Waals surface area contributed by atoms with Crippen LogP contribution in [-0.2, 0) is 0 Å². The van der Waals surface area contributed by atoms with Gasteiger partial charge in [-0.3, -0.25) is 9.78 Å². The highest BCUT2D eigenvalue weighted by Gasteiger charge is 2.38. The van der Waals surface area contributed by atoms with Crippen molar-refractivity contribution in [3.05, 3.63) is 78.1 Å². The molecule has 1 aliphatic rings. The van der Waals surface area contributed by atoms with Crippen molar-refractivity contribution >= 4 is 22.4 Å². The van der Waals surface area contributed by atoms with E-state index in [9.17, 15) is 4.79 Å². The minimum atomic E-state index is -0.203. The van der Waals surface area contributed by atoms with Gasteiger partial charge in [-0.15, -0.1) is 0 Å². The lowest BCUT2D eigenvalue weighted by Crippen LogP contribution is -2.56. The van der Waals surface area contributed by atoms with E-state index in [-0.39, 0.29) is 30.0 Å². The minimum absolute atomic E-state index is 0.0392. The van der Waals surface area contributed by atoms with E-state index >= 15 is 0 Å². The summed E-state index contributed by atoms with van der Waals surface area (Å²) in [6, 6.07) is 17.6. The Morgan fingerprint density at radius 1 is 1.24 bits per heavy atom. The van der Waals surface area contributed by atoms with E-state index in [2.05, 4.69) is 51.4 Å². The molecule has 192 valence electrons. The summed E-state index contributed by atoms with van der Waals surface area (Å²) in [6.45, 7) is 4.10. The summed E-state index contributed by atoms with van der Waals surface area (Å²) in [6.07, 6.45) is 3.06. The second kappa shape index (κ2) is 11.4. The molecule has 0 unspecified atom stereocenters. The number of nitrogens with one attached hydrogen (secondary N) is 2. The van der Waals surface area contributed by atoms with Gasteiger partial charge < -0.3 is 26.0 Å². The number of ether oxygens (including phenoxy) is 1. The lowest BCUT2D eigenvalue weighted by Gasteiger charge is -2.43. The quantitative estimate of drug-likeness (QED) is 0.406. The van der Waals surface area contributed by atoms with Crippen molar-refractivity contribution < 1.29 is 9.53 Å². The molecule has 8 heteroatoms. The number of hydrogen-bond donors (Lipinski definition) is 3. The van der Waals surface area contributed by atoms with Crippen LogP contribution < -0.4 is 21.1 Å². The molecule has 1 saturated carbocycles. The average molecular weight is 499 g/mol. The molecular weight excluding hydrogens is 464 g/mol. The van der Waals surface area contributed by atoms with E-state index < -0.39 is 0 Å². The van der Waals surface area contributed by atoms with Crippen LogP contribution in [0.15, 0.2) is 66.9 Å². The van der Waals surface area contributed by atoms with Crippen molar-refractivity contribution in [3.8, 4) is 11.8 Å². The fourth-order valence-electron chi connectivity index (χ4n) is 5.21. The number of pyridine rings is 1. The summed E-state index contributed by atoms with van der Waals surface area (Å²) in [4.78, 5) is 19.4. The summed E-state index contributed by atoms with van der Waals surface area (Å²) < 4.78 is 5.63. The molecular formula is C29H34N6O2. The Kier molecular flexibility index (Phi) is 8.07. The molecule has 1 aromatic heterocycles. The van der Waals surface area contributed by atoms with Gasteiger partial charge in [-0.2, -0.15) is 5.26 Å². The first-order valence-electron chi connectivity index (χ1n) is 12.4. The zero-order valence-corrected chi connectivity index (χ0v) is 21.6. The van der Waals surface area contributed by atoms with Crippen LogP contribution in [0.5, 0.6) is 5.75 Å². The predicted molar refractivity (Wildman–Crippen MR) is 147 cm³/mol. The van der Waals surface area contributed by atoms with Gasteiger partial charge in [0.05, 0.1) is 18.9 Å². The van der Waals surface area contributed by atoms with Crippen LogP contribution in [0.2, 0.25) is 0 Å². The Bertz CT molecular complexity index is 1320. The van der Waals surface area contributed by atoms with Gasteiger partial charge in [0.2, 0.25) is 0 Å². The van der Waals surface area contributed by atoms with Crippen LogP contribution in [0.3, 0.4) is 0 Å². The molecule has 0 spiro atoms. The summed E-state index contributed by atoms with van der Waals surface area (Å²) in [5.41, 5.74) is 9.32. The van der Waals surface area contributed by atoms with E-state index in [1.54, 1.807) is 31.5 Å². The largest absolute Gasteiger partial charge is 0.495 e. The number of nitrogens with two attached hydrogens (primary N) is 1. The number of fused-ring (bicyclic) bond motifs is 1. The molecule has 1 aliphatic carbocycles. The van der Waals surface area contributed by atoms with E-state index in [1.807, 2.05) is 26.2 Å². The first-order valence-corrected chi connectivity index (χ1v) is 12.4. The monoisotopic (exact) mass is 498 g/mol. The van der Waals surface area contributed by atoms with E-state index in [0.717, 1.165) is 28.4 Å². The van der Waals surface area contributed by atoms with Crippen molar-refractivity contribution in [2.45, 2.75) is 36.9 Å². The molecule has 4 atom stereocenters. The smallest absolute Gasteiger partial charge is 0.270 e. The number of carbonyl (C=O) groups is 1. The number of benzene rings is 2. The Hall–Kier alpha value is -3.93. The molecule has 0 saturated heterocycles. The molecule has 2 aromatic carbocycles. The molecule has 1 heterocycles. The first kappa shape index (κ1) is 26.1. The van der Waals surface area contributed by atoms with Gasteiger partial charge in [0.15, 0.2) is 0 Å². The molecule has 37 heavy (non-hydrogen) atoms. The molecule has 8 nitrogen and oxygen atoms in total. The SMILES string of the molecule is C=C(C#N)CNc1c(OC)ccc2ccc([C@@H]3C[C@H](N(C)C)[C@@H](N)C[C@@H]3NC(=O)c3ccccn3)cc12. The van der Waals surface area contributed by atoms with Gasteiger partial charge in [-0.25, -0.2) is 0 Å². The number of anilines is 1. The standard InChI is InChI=1S/C29H34N6O2/c1-18(16-30)17-33-28-22-13-20(9-8-19(22)10-11-27(28)37-4)21-14-26(35(2)3)23(31)15-25(21)34-29(36)24-7-5-6-12-32-24/h5-13,21,23,25-26,33H,1,14-15,17,31H2,2-4H3,(H,34,36)/t21-,23-,25-,26-/m0/s1. The average Bonchev–Trinajstić information content (AvgIpc) is 2.91. The number of nitriles is 1. The third-order valence-corrected chi connectivity index (χ3v) is 7.17. The zero-order chi connectivity index (χ0) is 26.5. The minimum Gasteiger partial charge on any atom is -0.495 e. The van der Waals surface area contributed by atoms with Gasteiger partial charge in [0, 0.05) is 47.7 Å². The molecule has 1 fully saturated rings. The van der Waals surface area contributed by atoms with Crippen molar-refractivity contribution in [2.24, 2.45) is 5.73 Å². The molecule has 0 radical (unpaired) electrons. The van der Waals surface area contributed by atoms with E-state index in [4.69, 9.17) is 15.7 Å². The highest BCUT2D eigenvalue weighted by Crippen LogP contribution is 2.39.